The molecule has 20 heavy (non-hydrogen) atoms. The van der Waals surface area contributed by atoms with Crippen LogP contribution >= 0.6 is 0 Å². The Morgan fingerprint density at radius 1 is 1.50 bits per heavy atom. The molecule has 1 aliphatic rings. The number of piperidine rings is 1. The van der Waals surface area contributed by atoms with E-state index in [4.69, 9.17) is 10.00 Å². The van der Waals surface area contributed by atoms with Gasteiger partial charge in [0.05, 0.1) is 17.7 Å². The van der Waals surface area contributed by atoms with Crippen LogP contribution in [0.2, 0.25) is 0 Å². The van der Waals surface area contributed by atoms with Gasteiger partial charge in [0.25, 0.3) is 5.91 Å². The maximum Gasteiger partial charge on any atom is 0.263 e. The molecule has 1 saturated heterocycles. The normalized spacial score (nSPS) is 20.1. The van der Waals surface area contributed by atoms with E-state index in [1.807, 2.05) is 6.07 Å². The van der Waals surface area contributed by atoms with Crippen molar-refractivity contribution in [2.75, 3.05) is 13.1 Å². The first-order valence-corrected chi connectivity index (χ1v) is 6.74. The van der Waals surface area contributed by atoms with Crippen LogP contribution in [0.25, 0.3) is 0 Å². The molecule has 106 valence electrons. The number of β-amino-alcohol motifs (C(OH)–C–C–N with tert-alkyl or cyclic N) is 1. The molecular formula is C15H18N2O3. The maximum atomic E-state index is 12.2. The molecule has 0 aliphatic carbocycles. The number of rotatable bonds is 3. The summed E-state index contributed by atoms with van der Waals surface area (Å²) >= 11 is 0. The number of hydrogen-bond acceptors (Lipinski definition) is 4. The molecule has 0 saturated carbocycles. The fourth-order valence-corrected chi connectivity index (χ4v) is 2.27. The number of ether oxygens (including phenoxy) is 1. The smallest absolute Gasteiger partial charge is 0.263 e. The van der Waals surface area contributed by atoms with Gasteiger partial charge in [0, 0.05) is 13.1 Å². The van der Waals surface area contributed by atoms with Gasteiger partial charge in [-0.2, -0.15) is 5.26 Å². The van der Waals surface area contributed by atoms with Crippen molar-refractivity contribution in [1.82, 2.24) is 4.90 Å². The number of nitrogens with zero attached hydrogens (tertiary/aromatic N) is 2. The van der Waals surface area contributed by atoms with Gasteiger partial charge in [-0.1, -0.05) is 0 Å². The van der Waals surface area contributed by atoms with Gasteiger partial charge in [0.2, 0.25) is 0 Å². The molecule has 1 fully saturated rings. The molecule has 0 spiro atoms. The van der Waals surface area contributed by atoms with Gasteiger partial charge in [0.1, 0.15) is 5.75 Å². The molecule has 1 aliphatic heterocycles. The molecule has 0 aromatic heterocycles. The topological polar surface area (TPSA) is 73.6 Å². The Balaban J connectivity index is 1.94. The minimum Gasteiger partial charge on any atom is -0.481 e. The Bertz CT molecular complexity index is 507. The summed E-state index contributed by atoms with van der Waals surface area (Å²) in [6.07, 6.45) is 0.522. The highest BCUT2D eigenvalue weighted by molar-refractivity contribution is 5.81. The molecule has 1 aromatic carbocycles. The standard InChI is InChI=1S/C15H18N2O3/c1-11(15(19)17-8-2-3-13(18)10-17)20-14-6-4-12(9-16)5-7-14/h4-7,11,13,18H,2-3,8,10H2,1H3. The molecule has 2 atom stereocenters. The minimum atomic E-state index is -0.603. The van der Waals surface area contributed by atoms with Crippen molar-refractivity contribution in [3.05, 3.63) is 29.8 Å². The van der Waals surface area contributed by atoms with Crippen molar-refractivity contribution in [2.45, 2.75) is 32.0 Å². The average molecular weight is 274 g/mol. The lowest BCUT2D eigenvalue weighted by Crippen LogP contribution is -2.47. The molecule has 2 unspecified atom stereocenters. The van der Waals surface area contributed by atoms with Crippen molar-refractivity contribution >= 4 is 5.91 Å². The third kappa shape index (κ3) is 3.49. The minimum absolute atomic E-state index is 0.117. The summed E-state index contributed by atoms with van der Waals surface area (Å²) in [6, 6.07) is 8.68. The molecule has 0 bridgehead atoms. The number of hydrogen-bond donors (Lipinski definition) is 1. The van der Waals surface area contributed by atoms with Gasteiger partial charge in [-0.15, -0.1) is 0 Å². The average Bonchev–Trinajstić information content (AvgIpc) is 2.47. The van der Waals surface area contributed by atoms with Crippen LogP contribution in [0.3, 0.4) is 0 Å². The Kier molecular flexibility index (Phi) is 4.59. The van der Waals surface area contributed by atoms with E-state index >= 15 is 0 Å². The third-order valence-corrected chi connectivity index (χ3v) is 3.35. The van der Waals surface area contributed by atoms with Gasteiger partial charge >= 0.3 is 0 Å². The summed E-state index contributed by atoms with van der Waals surface area (Å²) < 4.78 is 5.58. The Labute approximate surface area is 118 Å². The maximum absolute atomic E-state index is 12.2. The van der Waals surface area contributed by atoms with Gasteiger partial charge in [-0.05, 0) is 44.0 Å². The summed E-state index contributed by atoms with van der Waals surface area (Å²) in [6.45, 7) is 2.73. The van der Waals surface area contributed by atoms with Crippen LogP contribution in [0.1, 0.15) is 25.3 Å². The molecule has 1 aromatic rings. The second-order valence-electron chi connectivity index (χ2n) is 4.98. The summed E-state index contributed by atoms with van der Waals surface area (Å²) in [4.78, 5) is 13.8. The zero-order valence-corrected chi connectivity index (χ0v) is 11.5. The molecule has 1 amide bonds. The Hall–Kier alpha value is -2.06. The summed E-state index contributed by atoms with van der Waals surface area (Å²) in [5, 5.41) is 18.3. The van der Waals surface area contributed by atoms with E-state index in [0.29, 0.717) is 24.4 Å². The number of carbonyl (C=O) groups is 1. The first-order valence-electron chi connectivity index (χ1n) is 6.74. The molecular weight excluding hydrogens is 256 g/mol. The van der Waals surface area contributed by atoms with E-state index < -0.39 is 12.2 Å². The van der Waals surface area contributed by atoms with Crippen molar-refractivity contribution < 1.29 is 14.6 Å². The predicted molar refractivity (Wildman–Crippen MR) is 73.1 cm³/mol. The molecule has 5 nitrogen and oxygen atoms in total. The molecule has 1 N–H and O–H groups in total. The molecule has 0 radical (unpaired) electrons. The van der Waals surface area contributed by atoms with Gasteiger partial charge in [0.15, 0.2) is 6.10 Å². The number of aliphatic hydroxyl groups is 1. The van der Waals surface area contributed by atoms with Crippen LogP contribution in [-0.4, -0.2) is 41.2 Å². The second kappa shape index (κ2) is 6.40. The SMILES string of the molecule is CC(Oc1ccc(C#N)cc1)C(=O)N1CCCC(O)C1. The van der Waals surface area contributed by atoms with Crippen molar-refractivity contribution in [3.63, 3.8) is 0 Å². The fourth-order valence-electron chi connectivity index (χ4n) is 2.27. The van der Waals surface area contributed by atoms with Crippen molar-refractivity contribution in [3.8, 4) is 11.8 Å². The van der Waals surface area contributed by atoms with Crippen LogP contribution < -0.4 is 4.74 Å². The van der Waals surface area contributed by atoms with Gasteiger partial charge in [-0.25, -0.2) is 0 Å². The highest BCUT2D eigenvalue weighted by Crippen LogP contribution is 2.16. The van der Waals surface area contributed by atoms with Crippen molar-refractivity contribution in [2.24, 2.45) is 0 Å². The zero-order valence-electron chi connectivity index (χ0n) is 11.5. The molecule has 2 rings (SSSR count). The van der Waals surface area contributed by atoms with Crippen LogP contribution in [-0.2, 0) is 4.79 Å². The van der Waals surface area contributed by atoms with E-state index in [-0.39, 0.29) is 5.91 Å². The first-order chi connectivity index (χ1) is 9.60. The quantitative estimate of drug-likeness (QED) is 0.902. The second-order valence-corrected chi connectivity index (χ2v) is 4.98. The highest BCUT2D eigenvalue weighted by Gasteiger charge is 2.26. The lowest BCUT2D eigenvalue weighted by atomic mass is 10.1. The predicted octanol–water partition coefficient (Wildman–Crippen LogP) is 1.31. The van der Waals surface area contributed by atoms with Gasteiger partial charge in [-0.3, -0.25) is 4.79 Å². The molecule has 5 heteroatoms. The first kappa shape index (κ1) is 14.4. The number of likely N-dealkylation sites (tertiary alicyclic amines) is 1. The Morgan fingerprint density at radius 2 is 2.20 bits per heavy atom. The molecule has 1 heterocycles. The number of aliphatic hydroxyl groups excluding tert-OH is 1. The lowest BCUT2D eigenvalue weighted by molar-refractivity contribution is -0.141. The number of carbonyl (C=O) groups excluding carboxylic acids is 1. The van der Waals surface area contributed by atoms with Crippen LogP contribution in [0.4, 0.5) is 0 Å². The van der Waals surface area contributed by atoms with E-state index in [9.17, 15) is 9.90 Å². The number of benzene rings is 1. The summed E-state index contributed by atoms with van der Waals surface area (Å²) in [5.74, 6) is 0.440. The Morgan fingerprint density at radius 3 is 2.80 bits per heavy atom. The highest BCUT2D eigenvalue weighted by atomic mass is 16.5. The van der Waals surface area contributed by atoms with Crippen LogP contribution in [0.5, 0.6) is 5.75 Å². The van der Waals surface area contributed by atoms with Crippen molar-refractivity contribution in [1.29, 1.82) is 5.26 Å². The van der Waals surface area contributed by atoms with E-state index in [0.717, 1.165) is 12.8 Å². The fraction of sp³-hybridized carbons (Fsp3) is 0.467. The third-order valence-electron chi connectivity index (χ3n) is 3.35. The van der Waals surface area contributed by atoms with Gasteiger partial charge < -0.3 is 14.7 Å². The number of amides is 1. The largest absolute Gasteiger partial charge is 0.481 e. The van der Waals surface area contributed by atoms with E-state index in [2.05, 4.69) is 0 Å². The van der Waals surface area contributed by atoms with Crippen LogP contribution in [0, 0.1) is 11.3 Å². The zero-order chi connectivity index (χ0) is 14.5. The number of nitriles is 1. The van der Waals surface area contributed by atoms with E-state index in [1.54, 1.807) is 36.1 Å². The summed E-state index contributed by atoms with van der Waals surface area (Å²) in [7, 11) is 0. The lowest BCUT2D eigenvalue weighted by Gasteiger charge is -2.32. The monoisotopic (exact) mass is 274 g/mol. The van der Waals surface area contributed by atoms with Crippen LogP contribution in [0.15, 0.2) is 24.3 Å². The van der Waals surface area contributed by atoms with E-state index in [1.165, 1.54) is 0 Å². The summed E-state index contributed by atoms with van der Waals surface area (Å²) in [5.41, 5.74) is 0.551.